The van der Waals surface area contributed by atoms with Crippen molar-refractivity contribution in [3.05, 3.63) is 35.6 Å². The highest BCUT2D eigenvalue weighted by Gasteiger charge is 2.42. The second-order valence-electron chi connectivity index (χ2n) is 7.49. The van der Waals surface area contributed by atoms with Crippen LogP contribution in [0.4, 0.5) is 4.39 Å². The molecule has 116 valence electrons. The monoisotopic (exact) mass is 290 g/mol. The van der Waals surface area contributed by atoms with Crippen LogP contribution in [0, 0.1) is 5.82 Å². The lowest BCUT2D eigenvalue weighted by atomic mass is 9.77. The minimum absolute atomic E-state index is 0.120. The maximum atomic E-state index is 13.4. The Labute approximate surface area is 127 Å². The zero-order valence-electron chi connectivity index (χ0n) is 13.3. The molecule has 0 bridgehead atoms. The summed E-state index contributed by atoms with van der Waals surface area (Å²) < 4.78 is 13.4. The Morgan fingerprint density at radius 3 is 2.67 bits per heavy atom. The molecule has 1 spiro atoms. The zero-order chi connectivity index (χ0) is 14.9. The van der Waals surface area contributed by atoms with Gasteiger partial charge in [-0.1, -0.05) is 31.4 Å². The Kier molecular flexibility index (Phi) is 4.06. The predicted molar refractivity (Wildman–Crippen MR) is 84.7 cm³/mol. The fraction of sp³-hybridized carbons (Fsp3) is 0.667. The maximum absolute atomic E-state index is 13.4. The molecule has 0 radical (unpaired) electrons. The summed E-state index contributed by atoms with van der Waals surface area (Å²) in [6, 6.07) is 7.05. The third-order valence-corrected chi connectivity index (χ3v) is 5.32. The molecule has 1 aromatic carbocycles. The van der Waals surface area contributed by atoms with Gasteiger partial charge >= 0.3 is 0 Å². The largest absolute Gasteiger partial charge is 0.308 e. The topological polar surface area (TPSA) is 15.3 Å². The Balaban J connectivity index is 1.77. The standard InChI is InChI=1S/C18H27FN2/c1-17(2)13-20-18(9-4-3-5-10-18)14-21(17)12-15-7-6-8-16(19)11-15/h6-8,11,20H,3-5,9-10,12-14H2,1-2H3. The number of halogens is 1. The van der Waals surface area contributed by atoms with Crippen molar-refractivity contribution in [2.45, 2.75) is 63.6 Å². The Morgan fingerprint density at radius 1 is 1.19 bits per heavy atom. The van der Waals surface area contributed by atoms with Crippen molar-refractivity contribution in [2.24, 2.45) is 0 Å². The molecule has 1 aliphatic heterocycles. The summed E-state index contributed by atoms with van der Waals surface area (Å²) in [4.78, 5) is 2.55. The molecule has 1 aliphatic carbocycles. The van der Waals surface area contributed by atoms with E-state index in [-0.39, 0.29) is 11.4 Å². The number of piperazine rings is 1. The van der Waals surface area contributed by atoms with Gasteiger partial charge in [-0.3, -0.25) is 4.90 Å². The molecule has 1 heterocycles. The lowest BCUT2D eigenvalue weighted by Gasteiger charge is -2.53. The van der Waals surface area contributed by atoms with E-state index in [9.17, 15) is 4.39 Å². The van der Waals surface area contributed by atoms with Crippen LogP contribution in [0.1, 0.15) is 51.5 Å². The van der Waals surface area contributed by atoms with Gasteiger partial charge in [0, 0.05) is 30.7 Å². The molecule has 0 aromatic heterocycles. The highest BCUT2D eigenvalue weighted by molar-refractivity contribution is 5.17. The first-order valence-electron chi connectivity index (χ1n) is 8.24. The lowest BCUT2D eigenvalue weighted by Crippen LogP contribution is -2.68. The van der Waals surface area contributed by atoms with Crippen LogP contribution < -0.4 is 5.32 Å². The summed E-state index contributed by atoms with van der Waals surface area (Å²) in [5.74, 6) is -0.132. The molecule has 3 rings (SSSR count). The number of hydrogen-bond donors (Lipinski definition) is 1. The third-order valence-electron chi connectivity index (χ3n) is 5.32. The summed E-state index contributed by atoms with van der Waals surface area (Å²) in [6.45, 7) is 7.51. The van der Waals surface area contributed by atoms with Crippen LogP contribution in [-0.2, 0) is 6.54 Å². The molecule has 0 unspecified atom stereocenters. The van der Waals surface area contributed by atoms with Crippen LogP contribution in [-0.4, -0.2) is 29.1 Å². The molecular weight excluding hydrogens is 263 g/mol. The van der Waals surface area contributed by atoms with Crippen LogP contribution in [0.3, 0.4) is 0 Å². The van der Waals surface area contributed by atoms with Crippen molar-refractivity contribution in [3.63, 3.8) is 0 Å². The number of benzene rings is 1. The van der Waals surface area contributed by atoms with Gasteiger partial charge in [0.1, 0.15) is 5.82 Å². The van der Waals surface area contributed by atoms with Crippen LogP contribution in [0.2, 0.25) is 0 Å². The van der Waals surface area contributed by atoms with Crippen molar-refractivity contribution in [1.29, 1.82) is 0 Å². The van der Waals surface area contributed by atoms with Crippen LogP contribution >= 0.6 is 0 Å². The van der Waals surface area contributed by atoms with E-state index in [1.165, 1.54) is 38.2 Å². The molecule has 0 amide bonds. The summed E-state index contributed by atoms with van der Waals surface area (Å²) in [6.07, 6.45) is 6.60. The lowest BCUT2D eigenvalue weighted by molar-refractivity contribution is 0.00481. The minimum Gasteiger partial charge on any atom is -0.308 e. The Hall–Kier alpha value is -0.930. The van der Waals surface area contributed by atoms with Gasteiger partial charge in [0.15, 0.2) is 0 Å². The van der Waals surface area contributed by atoms with Gasteiger partial charge in [0.05, 0.1) is 0 Å². The minimum atomic E-state index is -0.132. The second-order valence-corrected chi connectivity index (χ2v) is 7.49. The molecule has 1 N–H and O–H groups in total. The number of nitrogens with zero attached hydrogens (tertiary/aromatic N) is 1. The van der Waals surface area contributed by atoms with Crippen LogP contribution in [0.5, 0.6) is 0 Å². The van der Waals surface area contributed by atoms with Gasteiger partial charge in [-0.2, -0.15) is 0 Å². The van der Waals surface area contributed by atoms with E-state index >= 15 is 0 Å². The van der Waals surface area contributed by atoms with Crippen molar-refractivity contribution < 1.29 is 4.39 Å². The SMILES string of the molecule is CC1(C)CNC2(CCCCC2)CN1Cc1cccc(F)c1. The van der Waals surface area contributed by atoms with E-state index in [0.29, 0.717) is 5.54 Å². The molecule has 21 heavy (non-hydrogen) atoms. The van der Waals surface area contributed by atoms with Crippen molar-refractivity contribution >= 4 is 0 Å². The van der Waals surface area contributed by atoms with E-state index in [1.807, 2.05) is 12.1 Å². The normalized spacial score (nSPS) is 25.1. The summed E-state index contributed by atoms with van der Waals surface area (Å²) >= 11 is 0. The molecule has 2 aliphatic rings. The first-order chi connectivity index (χ1) is 9.99. The van der Waals surface area contributed by atoms with E-state index in [4.69, 9.17) is 0 Å². The average Bonchev–Trinajstić information content (AvgIpc) is 2.45. The quantitative estimate of drug-likeness (QED) is 0.893. The number of nitrogens with one attached hydrogen (secondary N) is 1. The van der Waals surface area contributed by atoms with Gasteiger partial charge in [-0.15, -0.1) is 0 Å². The molecule has 0 atom stereocenters. The Morgan fingerprint density at radius 2 is 1.95 bits per heavy atom. The average molecular weight is 290 g/mol. The van der Waals surface area contributed by atoms with Crippen LogP contribution in [0.15, 0.2) is 24.3 Å². The number of hydrogen-bond acceptors (Lipinski definition) is 2. The Bertz CT molecular complexity index is 492. The van der Waals surface area contributed by atoms with Gasteiger partial charge < -0.3 is 5.32 Å². The molecule has 1 saturated heterocycles. The van der Waals surface area contributed by atoms with Crippen LogP contribution in [0.25, 0.3) is 0 Å². The van der Waals surface area contributed by atoms with Gasteiger partial charge in [0.25, 0.3) is 0 Å². The van der Waals surface area contributed by atoms with E-state index < -0.39 is 0 Å². The van der Waals surface area contributed by atoms with Gasteiger partial charge in [-0.25, -0.2) is 4.39 Å². The molecule has 1 saturated carbocycles. The summed E-state index contributed by atoms with van der Waals surface area (Å²) in [5.41, 5.74) is 1.49. The highest BCUT2D eigenvalue weighted by atomic mass is 19.1. The van der Waals surface area contributed by atoms with Crippen molar-refractivity contribution in [3.8, 4) is 0 Å². The maximum Gasteiger partial charge on any atom is 0.123 e. The van der Waals surface area contributed by atoms with Gasteiger partial charge in [0.2, 0.25) is 0 Å². The van der Waals surface area contributed by atoms with E-state index in [0.717, 1.165) is 25.2 Å². The number of rotatable bonds is 2. The second kappa shape index (κ2) is 5.69. The fourth-order valence-electron chi connectivity index (χ4n) is 3.84. The summed E-state index contributed by atoms with van der Waals surface area (Å²) in [7, 11) is 0. The van der Waals surface area contributed by atoms with Crippen molar-refractivity contribution in [2.75, 3.05) is 13.1 Å². The molecular formula is C18H27FN2. The predicted octanol–water partition coefficient (Wildman–Crippen LogP) is 3.71. The highest BCUT2D eigenvalue weighted by Crippen LogP contribution is 2.35. The molecule has 1 aromatic rings. The molecule has 2 fully saturated rings. The first kappa shape index (κ1) is 15.0. The molecule has 3 heteroatoms. The fourth-order valence-corrected chi connectivity index (χ4v) is 3.84. The molecule has 2 nitrogen and oxygen atoms in total. The third kappa shape index (κ3) is 3.29. The summed E-state index contributed by atoms with van der Waals surface area (Å²) in [5, 5.41) is 3.84. The van der Waals surface area contributed by atoms with Gasteiger partial charge in [-0.05, 0) is 44.4 Å². The van der Waals surface area contributed by atoms with Crippen molar-refractivity contribution in [1.82, 2.24) is 10.2 Å². The zero-order valence-corrected chi connectivity index (χ0v) is 13.3. The first-order valence-corrected chi connectivity index (χ1v) is 8.24. The smallest absolute Gasteiger partial charge is 0.123 e. The van der Waals surface area contributed by atoms with E-state index in [2.05, 4.69) is 24.1 Å². The van der Waals surface area contributed by atoms with E-state index in [1.54, 1.807) is 6.07 Å².